The number of nitrogens with one attached hydrogen (secondary N) is 1. The Labute approximate surface area is 122 Å². The molecule has 0 bridgehead atoms. The van der Waals surface area contributed by atoms with Crippen LogP contribution in [0, 0.1) is 0 Å². The molecule has 0 saturated heterocycles. The SMILES string of the molecule is O=C(O)c1nn(-c2cccc(C(F)(F)F)c2)nc1NCCO. The van der Waals surface area contributed by atoms with E-state index in [0.717, 1.165) is 16.9 Å². The van der Waals surface area contributed by atoms with Crippen LogP contribution in [0.5, 0.6) is 0 Å². The second-order valence-electron chi connectivity index (χ2n) is 4.19. The fourth-order valence-electron chi connectivity index (χ4n) is 1.67. The van der Waals surface area contributed by atoms with Gasteiger partial charge in [-0.25, -0.2) is 4.79 Å². The van der Waals surface area contributed by atoms with Gasteiger partial charge in [0.1, 0.15) is 0 Å². The predicted octanol–water partition coefficient (Wildman–Crippen LogP) is 1.39. The monoisotopic (exact) mass is 316 g/mol. The van der Waals surface area contributed by atoms with Crippen molar-refractivity contribution in [3.63, 3.8) is 0 Å². The van der Waals surface area contributed by atoms with Crippen LogP contribution in [0.4, 0.5) is 19.0 Å². The smallest absolute Gasteiger partial charge is 0.416 e. The molecule has 0 spiro atoms. The van der Waals surface area contributed by atoms with Gasteiger partial charge in [0.15, 0.2) is 5.82 Å². The largest absolute Gasteiger partial charge is 0.476 e. The number of aromatic nitrogens is 3. The highest BCUT2D eigenvalue weighted by Gasteiger charge is 2.31. The summed E-state index contributed by atoms with van der Waals surface area (Å²) in [5.41, 5.74) is -1.38. The van der Waals surface area contributed by atoms with Gasteiger partial charge in [-0.15, -0.1) is 15.0 Å². The molecule has 0 saturated carbocycles. The van der Waals surface area contributed by atoms with E-state index in [4.69, 9.17) is 10.2 Å². The maximum absolute atomic E-state index is 12.7. The lowest BCUT2D eigenvalue weighted by Crippen LogP contribution is -2.09. The Kier molecular flexibility index (Phi) is 4.31. The van der Waals surface area contributed by atoms with E-state index >= 15 is 0 Å². The summed E-state index contributed by atoms with van der Waals surface area (Å²) in [6.45, 7) is -0.239. The Morgan fingerprint density at radius 3 is 2.64 bits per heavy atom. The molecule has 3 N–H and O–H groups in total. The third-order valence-corrected chi connectivity index (χ3v) is 2.62. The summed E-state index contributed by atoms with van der Waals surface area (Å²) in [5.74, 6) is -1.53. The Hall–Kier alpha value is -2.62. The van der Waals surface area contributed by atoms with Gasteiger partial charge in [0.2, 0.25) is 5.69 Å². The van der Waals surface area contributed by atoms with E-state index in [9.17, 15) is 18.0 Å². The zero-order valence-corrected chi connectivity index (χ0v) is 11.0. The normalized spacial score (nSPS) is 11.5. The zero-order chi connectivity index (χ0) is 16.3. The van der Waals surface area contributed by atoms with Crippen LogP contribution in [0.1, 0.15) is 16.1 Å². The first kappa shape index (κ1) is 15.8. The molecule has 0 unspecified atom stereocenters. The molecule has 7 nitrogen and oxygen atoms in total. The minimum Gasteiger partial charge on any atom is -0.476 e. The molecule has 2 rings (SSSR count). The van der Waals surface area contributed by atoms with E-state index in [0.29, 0.717) is 0 Å². The standard InChI is InChI=1S/C12H11F3N4O3/c13-12(14,15)7-2-1-3-8(6-7)19-17-9(11(21)22)10(18-19)16-4-5-20/h1-3,6,20H,4-5H2,(H,16,18)(H,21,22). The number of carbonyl (C=O) groups is 1. The van der Waals surface area contributed by atoms with E-state index in [-0.39, 0.29) is 24.7 Å². The summed E-state index contributed by atoms with van der Waals surface area (Å²) < 4.78 is 38.0. The van der Waals surface area contributed by atoms with Crippen molar-refractivity contribution >= 4 is 11.8 Å². The number of benzene rings is 1. The lowest BCUT2D eigenvalue weighted by atomic mass is 10.2. The molecule has 0 atom stereocenters. The van der Waals surface area contributed by atoms with Crippen molar-refractivity contribution in [3.8, 4) is 5.69 Å². The molecule has 0 aliphatic carbocycles. The quantitative estimate of drug-likeness (QED) is 0.771. The van der Waals surface area contributed by atoms with Crippen molar-refractivity contribution in [1.82, 2.24) is 15.0 Å². The predicted molar refractivity (Wildman–Crippen MR) is 68.9 cm³/mol. The average molecular weight is 316 g/mol. The van der Waals surface area contributed by atoms with Gasteiger partial charge in [-0.05, 0) is 18.2 Å². The topological polar surface area (TPSA) is 100 Å². The van der Waals surface area contributed by atoms with Crippen LogP contribution in [-0.4, -0.2) is 44.3 Å². The van der Waals surface area contributed by atoms with Crippen LogP contribution in [0.25, 0.3) is 5.69 Å². The minimum absolute atomic E-state index is 0.0293. The van der Waals surface area contributed by atoms with Crippen LogP contribution < -0.4 is 5.32 Å². The number of hydrogen-bond donors (Lipinski definition) is 3. The van der Waals surface area contributed by atoms with Crippen LogP contribution in [0.2, 0.25) is 0 Å². The first-order valence-electron chi connectivity index (χ1n) is 6.06. The van der Waals surface area contributed by atoms with Crippen LogP contribution in [0.3, 0.4) is 0 Å². The molecule has 0 aliphatic heterocycles. The van der Waals surface area contributed by atoms with Crippen molar-refractivity contribution in [1.29, 1.82) is 0 Å². The van der Waals surface area contributed by atoms with Gasteiger partial charge >= 0.3 is 12.1 Å². The third-order valence-electron chi connectivity index (χ3n) is 2.62. The fraction of sp³-hybridized carbons (Fsp3) is 0.250. The maximum Gasteiger partial charge on any atom is 0.416 e. The van der Waals surface area contributed by atoms with E-state index in [1.54, 1.807) is 0 Å². The molecule has 1 aromatic carbocycles. The number of halogens is 3. The summed E-state index contributed by atoms with van der Waals surface area (Å²) >= 11 is 0. The van der Waals surface area contributed by atoms with Gasteiger partial charge in [-0.1, -0.05) is 6.07 Å². The van der Waals surface area contributed by atoms with Crippen molar-refractivity contribution in [2.45, 2.75) is 6.18 Å². The zero-order valence-electron chi connectivity index (χ0n) is 11.0. The Bertz CT molecular complexity index is 684. The number of rotatable bonds is 5. The second kappa shape index (κ2) is 6.02. The molecular formula is C12H11F3N4O3. The van der Waals surface area contributed by atoms with Gasteiger partial charge in [0, 0.05) is 6.54 Å². The van der Waals surface area contributed by atoms with Crippen molar-refractivity contribution in [3.05, 3.63) is 35.5 Å². The van der Waals surface area contributed by atoms with Gasteiger partial charge in [-0.3, -0.25) is 0 Å². The third kappa shape index (κ3) is 3.34. The van der Waals surface area contributed by atoms with Gasteiger partial charge in [0.05, 0.1) is 17.9 Å². The highest BCUT2D eigenvalue weighted by Crippen LogP contribution is 2.30. The number of aromatic carboxylic acids is 1. The van der Waals surface area contributed by atoms with Crippen molar-refractivity contribution < 1.29 is 28.2 Å². The molecule has 1 aromatic heterocycles. The maximum atomic E-state index is 12.7. The van der Waals surface area contributed by atoms with Gasteiger partial charge in [-0.2, -0.15) is 13.2 Å². The summed E-state index contributed by atoms with van der Waals surface area (Å²) in [5, 5.41) is 27.7. The minimum atomic E-state index is -4.53. The molecule has 0 aliphatic rings. The van der Waals surface area contributed by atoms with Crippen LogP contribution >= 0.6 is 0 Å². The highest BCUT2D eigenvalue weighted by molar-refractivity contribution is 5.90. The molecule has 0 fully saturated rings. The highest BCUT2D eigenvalue weighted by atomic mass is 19.4. The first-order chi connectivity index (χ1) is 10.3. The van der Waals surface area contributed by atoms with Gasteiger partial charge < -0.3 is 15.5 Å². The summed E-state index contributed by atoms with van der Waals surface area (Å²) in [4.78, 5) is 11.8. The van der Waals surface area contributed by atoms with Crippen LogP contribution in [0.15, 0.2) is 24.3 Å². The number of aliphatic hydroxyl groups excluding tert-OH is 1. The number of carboxylic acid groups (broad SMARTS) is 1. The average Bonchev–Trinajstić information content (AvgIpc) is 2.88. The van der Waals surface area contributed by atoms with E-state index in [2.05, 4.69) is 15.5 Å². The number of alkyl halides is 3. The molecule has 0 amide bonds. The summed E-state index contributed by atoms with van der Waals surface area (Å²) in [6, 6.07) is 4.18. The molecule has 22 heavy (non-hydrogen) atoms. The Morgan fingerprint density at radius 2 is 2.05 bits per heavy atom. The van der Waals surface area contributed by atoms with Crippen LogP contribution in [-0.2, 0) is 6.18 Å². The summed E-state index contributed by atoms with van der Waals surface area (Å²) in [7, 11) is 0. The van der Waals surface area contributed by atoms with Gasteiger partial charge in [0.25, 0.3) is 0 Å². The second-order valence-corrected chi connectivity index (χ2v) is 4.19. The number of hydrogen-bond acceptors (Lipinski definition) is 5. The number of aliphatic hydroxyl groups is 1. The fourth-order valence-corrected chi connectivity index (χ4v) is 1.67. The van der Waals surface area contributed by atoms with E-state index in [1.165, 1.54) is 12.1 Å². The molecule has 0 radical (unpaired) electrons. The molecule has 2 aromatic rings. The van der Waals surface area contributed by atoms with E-state index in [1.807, 2.05) is 0 Å². The van der Waals surface area contributed by atoms with Crippen molar-refractivity contribution in [2.24, 2.45) is 0 Å². The lowest BCUT2D eigenvalue weighted by molar-refractivity contribution is -0.137. The van der Waals surface area contributed by atoms with E-state index < -0.39 is 23.4 Å². The molecule has 10 heteroatoms. The molecular weight excluding hydrogens is 305 g/mol. The number of carboxylic acids is 1. The van der Waals surface area contributed by atoms with Crippen molar-refractivity contribution in [2.75, 3.05) is 18.5 Å². The number of nitrogens with zero attached hydrogens (tertiary/aromatic N) is 3. The molecule has 1 heterocycles. The number of anilines is 1. The molecule has 118 valence electrons. The summed E-state index contributed by atoms with van der Waals surface area (Å²) in [6.07, 6.45) is -4.53. The first-order valence-corrected chi connectivity index (χ1v) is 6.06. The Morgan fingerprint density at radius 1 is 1.32 bits per heavy atom. The Balaban J connectivity index is 2.42. The lowest BCUT2D eigenvalue weighted by Gasteiger charge is -2.07.